The summed E-state index contributed by atoms with van der Waals surface area (Å²) in [4.78, 5) is 49.0. The first kappa shape index (κ1) is 16.1. The van der Waals surface area contributed by atoms with Crippen LogP contribution in [0, 0.1) is 6.92 Å². The Hall–Kier alpha value is -2.74. The van der Waals surface area contributed by atoms with Gasteiger partial charge < -0.3 is 15.2 Å². The van der Waals surface area contributed by atoms with Crippen LogP contribution in [0.2, 0.25) is 0 Å². The van der Waals surface area contributed by atoms with E-state index in [-0.39, 0.29) is 30.8 Å². The Morgan fingerprint density at radius 1 is 1.29 bits per heavy atom. The maximum Gasteiger partial charge on any atom is 0.331 e. The second kappa shape index (κ2) is 5.72. The van der Waals surface area contributed by atoms with E-state index in [4.69, 9.17) is 4.74 Å². The summed E-state index contributed by atoms with van der Waals surface area (Å²) in [7, 11) is 0. The van der Waals surface area contributed by atoms with Crippen molar-refractivity contribution in [2.45, 2.75) is 18.9 Å². The Balaban J connectivity index is 1.75. The van der Waals surface area contributed by atoms with Crippen LogP contribution in [-0.4, -0.2) is 59.0 Å². The monoisotopic (exact) mass is 332 g/mol. The van der Waals surface area contributed by atoms with Crippen molar-refractivity contribution >= 4 is 23.7 Å². The molecule has 3 rings (SSSR count). The molecule has 8 heteroatoms. The summed E-state index contributed by atoms with van der Waals surface area (Å²) in [6.45, 7) is 1.35. The lowest BCUT2D eigenvalue weighted by Gasteiger charge is -2.24. The zero-order valence-electron chi connectivity index (χ0n) is 13.0. The number of rotatable bonds is 4. The van der Waals surface area contributed by atoms with Crippen molar-refractivity contribution in [3.8, 4) is 0 Å². The largest absolute Gasteiger partial charge is 0.479 e. The van der Waals surface area contributed by atoms with Gasteiger partial charge >= 0.3 is 5.97 Å². The summed E-state index contributed by atoms with van der Waals surface area (Å²) in [5.41, 5.74) is -0.179. The van der Waals surface area contributed by atoms with Gasteiger partial charge in [0, 0.05) is 13.0 Å². The molecule has 0 bridgehead atoms. The molecule has 2 aliphatic rings. The first-order valence-electron chi connectivity index (χ1n) is 7.43. The highest BCUT2D eigenvalue weighted by Crippen LogP contribution is 2.24. The molecule has 0 saturated carbocycles. The number of carboxylic acids is 1. The lowest BCUT2D eigenvalue weighted by molar-refractivity contribution is -0.147. The zero-order valence-corrected chi connectivity index (χ0v) is 13.0. The molecule has 0 aliphatic carbocycles. The van der Waals surface area contributed by atoms with Crippen LogP contribution in [0.1, 0.15) is 32.7 Å². The van der Waals surface area contributed by atoms with Crippen LogP contribution in [0.4, 0.5) is 0 Å². The van der Waals surface area contributed by atoms with Crippen molar-refractivity contribution in [3.63, 3.8) is 0 Å². The van der Waals surface area contributed by atoms with Crippen LogP contribution in [-0.2, 0) is 14.3 Å². The van der Waals surface area contributed by atoms with Gasteiger partial charge in [0.15, 0.2) is 5.54 Å². The number of aliphatic carboxylic acids is 1. The average molecular weight is 332 g/mol. The van der Waals surface area contributed by atoms with Crippen LogP contribution in [0.5, 0.6) is 0 Å². The molecule has 0 spiro atoms. The average Bonchev–Trinajstić information content (AvgIpc) is 3.08. The summed E-state index contributed by atoms with van der Waals surface area (Å²) in [6, 6.07) is 4.85. The number of carbonyl (C=O) groups excluding carboxylic acids is 3. The molecule has 2 N–H and O–H groups in total. The number of nitrogens with zero attached hydrogens (tertiary/aromatic N) is 1. The first-order chi connectivity index (χ1) is 11.3. The van der Waals surface area contributed by atoms with Crippen LogP contribution >= 0.6 is 0 Å². The summed E-state index contributed by atoms with van der Waals surface area (Å²) in [5.74, 6) is -3.03. The third kappa shape index (κ3) is 2.54. The highest BCUT2D eigenvalue weighted by molar-refractivity contribution is 6.22. The second-order valence-corrected chi connectivity index (χ2v) is 5.98. The summed E-state index contributed by atoms with van der Waals surface area (Å²) in [5, 5.41) is 11.7. The standard InChI is InChI=1S/C16H16N2O6/c1-9-2-3-10-11(6-9)14(21)18(13(10)20)7-12(19)17-16(15(22)23)4-5-24-8-16/h2-3,6H,4-5,7-8H2,1H3,(H,17,19)(H,22,23). The number of nitrogens with one attached hydrogen (secondary N) is 1. The number of hydrogen-bond acceptors (Lipinski definition) is 5. The topological polar surface area (TPSA) is 113 Å². The van der Waals surface area contributed by atoms with Gasteiger partial charge in [0.25, 0.3) is 11.8 Å². The number of hydrogen-bond donors (Lipinski definition) is 2. The van der Waals surface area contributed by atoms with Gasteiger partial charge in [0.2, 0.25) is 5.91 Å². The van der Waals surface area contributed by atoms with Gasteiger partial charge in [-0.1, -0.05) is 11.6 Å². The highest BCUT2D eigenvalue weighted by Gasteiger charge is 2.45. The molecular formula is C16H16N2O6. The Kier molecular flexibility index (Phi) is 3.84. The lowest BCUT2D eigenvalue weighted by atomic mass is 9.99. The van der Waals surface area contributed by atoms with Crippen molar-refractivity contribution in [1.29, 1.82) is 0 Å². The van der Waals surface area contributed by atoms with E-state index in [0.717, 1.165) is 10.5 Å². The molecule has 3 amide bonds. The normalized spacial score (nSPS) is 22.6. The van der Waals surface area contributed by atoms with Crippen molar-refractivity contribution < 1.29 is 29.0 Å². The molecule has 126 valence electrons. The van der Waals surface area contributed by atoms with Gasteiger partial charge in [-0.15, -0.1) is 0 Å². The van der Waals surface area contributed by atoms with Gasteiger partial charge in [-0.3, -0.25) is 19.3 Å². The van der Waals surface area contributed by atoms with Crippen molar-refractivity contribution in [1.82, 2.24) is 10.2 Å². The molecule has 0 radical (unpaired) electrons. The number of benzene rings is 1. The van der Waals surface area contributed by atoms with E-state index in [0.29, 0.717) is 0 Å². The molecule has 1 unspecified atom stereocenters. The Labute approximate surface area is 137 Å². The summed E-state index contributed by atoms with van der Waals surface area (Å²) < 4.78 is 5.06. The summed E-state index contributed by atoms with van der Waals surface area (Å²) in [6.07, 6.45) is 0.134. The zero-order chi connectivity index (χ0) is 17.5. The molecule has 1 fully saturated rings. The number of ether oxygens (including phenoxy) is 1. The Morgan fingerprint density at radius 3 is 2.62 bits per heavy atom. The third-order valence-electron chi connectivity index (χ3n) is 4.24. The number of imide groups is 1. The van der Waals surface area contributed by atoms with Crippen molar-refractivity contribution in [2.24, 2.45) is 0 Å². The highest BCUT2D eigenvalue weighted by atomic mass is 16.5. The number of amides is 3. The van der Waals surface area contributed by atoms with Crippen LogP contribution in [0.3, 0.4) is 0 Å². The molecule has 24 heavy (non-hydrogen) atoms. The Morgan fingerprint density at radius 2 is 2.00 bits per heavy atom. The molecule has 1 aromatic carbocycles. The van der Waals surface area contributed by atoms with Crippen molar-refractivity contribution in [3.05, 3.63) is 34.9 Å². The van der Waals surface area contributed by atoms with E-state index in [9.17, 15) is 24.3 Å². The number of carboxylic acid groups (broad SMARTS) is 1. The van der Waals surface area contributed by atoms with Gasteiger partial charge in [-0.05, 0) is 19.1 Å². The number of aryl methyl sites for hydroxylation is 1. The molecule has 1 atom stereocenters. The van der Waals surface area contributed by atoms with Gasteiger partial charge in [0.05, 0.1) is 17.7 Å². The smallest absolute Gasteiger partial charge is 0.331 e. The van der Waals surface area contributed by atoms with E-state index in [2.05, 4.69) is 5.32 Å². The number of fused-ring (bicyclic) bond motifs is 1. The van der Waals surface area contributed by atoms with E-state index in [1.54, 1.807) is 25.1 Å². The van der Waals surface area contributed by atoms with E-state index in [1.807, 2.05) is 0 Å². The van der Waals surface area contributed by atoms with E-state index >= 15 is 0 Å². The summed E-state index contributed by atoms with van der Waals surface area (Å²) >= 11 is 0. The predicted molar refractivity (Wildman–Crippen MR) is 80.5 cm³/mol. The Bertz CT molecular complexity index is 751. The van der Waals surface area contributed by atoms with Crippen LogP contribution < -0.4 is 5.32 Å². The lowest BCUT2D eigenvalue weighted by Crippen LogP contribution is -2.57. The van der Waals surface area contributed by atoms with E-state index in [1.165, 1.54) is 0 Å². The van der Waals surface area contributed by atoms with Crippen molar-refractivity contribution in [2.75, 3.05) is 19.8 Å². The van der Waals surface area contributed by atoms with Gasteiger partial charge in [0.1, 0.15) is 6.54 Å². The predicted octanol–water partition coefficient (Wildman–Crippen LogP) is -0.0491. The fraction of sp³-hybridized carbons (Fsp3) is 0.375. The van der Waals surface area contributed by atoms with Gasteiger partial charge in [-0.25, -0.2) is 4.79 Å². The molecule has 1 aromatic rings. The third-order valence-corrected chi connectivity index (χ3v) is 4.24. The fourth-order valence-electron chi connectivity index (χ4n) is 2.88. The minimum absolute atomic E-state index is 0.134. The fourth-order valence-corrected chi connectivity index (χ4v) is 2.88. The quantitative estimate of drug-likeness (QED) is 0.748. The molecule has 1 saturated heterocycles. The second-order valence-electron chi connectivity index (χ2n) is 5.98. The van der Waals surface area contributed by atoms with Gasteiger partial charge in [-0.2, -0.15) is 0 Å². The molecule has 2 aliphatic heterocycles. The first-order valence-corrected chi connectivity index (χ1v) is 7.43. The van der Waals surface area contributed by atoms with E-state index < -0.39 is 35.8 Å². The SMILES string of the molecule is Cc1ccc2c(c1)C(=O)N(CC(=O)NC1(C(=O)O)CCOC1)C2=O. The minimum atomic E-state index is -1.51. The molecule has 2 heterocycles. The minimum Gasteiger partial charge on any atom is -0.479 e. The van der Waals surface area contributed by atoms with Crippen LogP contribution in [0.25, 0.3) is 0 Å². The maximum absolute atomic E-state index is 12.3. The molecule has 8 nitrogen and oxygen atoms in total. The number of carbonyl (C=O) groups is 4. The maximum atomic E-state index is 12.3. The van der Waals surface area contributed by atoms with Crippen LogP contribution in [0.15, 0.2) is 18.2 Å². The molecule has 0 aromatic heterocycles. The molecular weight excluding hydrogens is 316 g/mol.